The number of imidazole rings is 1. The van der Waals surface area contributed by atoms with E-state index in [1.54, 1.807) is 0 Å². The first kappa shape index (κ1) is 12.4. The fourth-order valence-electron chi connectivity index (χ4n) is 3.45. The summed E-state index contributed by atoms with van der Waals surface area (Å²) in [5.41, 5.74) is 2.39. The molecular weight excluding hydrogens is 246 g/mol. The molecule has 106 valence electrons. The molecule has 2 aliphatic carbocycles. The Morgan fingerprint density at radius 1 is 1.20 bits per heavy atom. The molecule has 0 amide bonds. The Morgan fingerprint density at radius 3 is 2.55 bits per heavy atom. The third-order valence-electron chi connectivity index (χ3n) is 4.81. The first-order valence-electron chi connectivity index (χ1n) is 8.04. The number of para-hydroxylation sites is 2. The molecule has 1 N–H and O–H groups in total. The van der Waals surface area contributed by atoms with E-state index in [9.17, 15) is 0 Å². The van der Waals surface area contributed by atoms with Crippen LogP contribution in [0.3, 0.4) is 0 Å². The molecule has 3 heteroatoms. The lowest BCUT2D eigenvalue weighted by molar-refractivity contribution is 0.407. The third kappa shape index (κ3) is 2.24. The molecule has 4 rings (SSSR count). The molecule has 0 radical (unpaired) electrons. The van der Waals surface area contributed by atoms with E-state index in [1.807, 2.05) is 0 Å². The van der Waals surface area contributed by atoms with Crippen LogP contribution < -0.4 is 5.32 Å². The first-order chi connectivity index (χ1) is 9.86. The lowest BCUT2D eigenvalue weighted by Crippen LogP contribution is -2.33. The molecule has 0 spiro atoms. The highest BCUT2D eigenvalue weighted by molar-refractivity contribution is 5.75. The molecule has 0 unspecified atom stereocenters. The van der Waals surface area contributed by atoms with E-state index in [4.69, 9.17) is 4.98 Å². The molecule has 2 aliphatic rings. The van der Waals surface area contributed by atoms with Crippen molar-refractivity contribution in [2.75, 3.05) is 0 Å². The Labute approximate surface area is 120 Å². The Bertz CT molecular complexity index is 596. The molecule has 2 fully saturated rings. The summed E-state index contributed by atoms with van der Waals surface area (Å²) in [6, 6.07) is 9.22. The fraction of sp³-hybridized carbons (Fsp3) is 0.588. The maximum Gasteiger partial charge on any atom is 0.123 e. The molecule has 1 aromatic carbocycles. The Kier molecular flexibility index (Phi) is 3.03. The van der Waals surface area contributed by atoms with Gasteiger partial charge in [-0.05, 0) is 56.6 Å². The van der Waals surface area contributed by atoms with Crippen molar-refractivity contribution >= 4 is 11.0 Å². The predicted octanol–water partition coefficient (Wildman–Crippen LogP) is 3.33. The van der Waals surface area contributed by atoms with Gasteiger partial charge in [0.25, 0.3) is 0 Å². The van der Waals surface area contributed by atoms with Crippen molar-refractivity contribution in [3.63, 3.8) is 0 Å². The van der Waals surface area contributed by atoms with Gasteiger partial charge >= 0.3 is 0 Å². The lowest BCUT2D eigenvalue weighted by atomic mass is 10.1. The summed E-state index contributed by atoms with van der Waals surface area (Å²) in [6.45, 7) is 4.12. The van der Waals surface area contributed by atoms with Crippen LogP contribution in [-0.2, 0) is 13.1 Å². The standard InChI is InChI=1S/C17H23N3/c1-2-20-15-6-4-3-5-14(15)19-16(20)11-18-17(12-7-8-12)13-9-10-13/h3-6,12-13,17-18H,2,7-11H2,1H3. The number of nitrogens with one attached hydrogen (secondary N) is 1. The number of aromatic nitrogens is 2. The van der Waals surface area contributed by atoms with Gasteiger partial charge in [-0.25, -0.2) is 4.98 Å². The smallest absolute Gasteiger partial charge is 0.123 e. The minimum absolute atomic E-state index is 0.750. The van der Waals surface area contributed by atoms with E-state index < -0.39 is 0 Å². The summed E-state index contributed by atoms with van der Waals surface area (Å²) in [5.74, 6) is 3.09. The zero-order valence-corrected chi connectivity index (χ0v) is 12.2. The van der Waals surface area contributed by atoms with Crippen molar-refractivity contribution in [1.82, 2.24) is 14.9 Å². The van der Waals surface area contributed by atoms with E-state index in [-0.39, 0.29) is 0 Å². The van der Waals surface area contributed by atoms with Crippen LogP contribution >= 0.6 is 0 Å². The van der Waals surface area contributed by atoms with Crippen LogP contribution in [0, 0.1) is 11.8 Å². The Morgan fingerprint density at radius 2 is 1.90 bits per heavy atom. The summed E-state index contributed by atoms with van der Waals surface area (Å²) in [4.78, 5) is 4.82. The number of aryl methyl sites for hydroxylation is 1. The zero-order valence-electron chi connectivity index (χ0n) is 12.2. The van der Waals surface area contributed by atoms with Gasteiger partial charge in [-0.2, -0.15) is 0 Å². The van der Waals surface area contributed by atoms with Gasteiger partial charge < -0.3 is 9.88 Å². The molecule has 2 aromatic rings. The van der Waals surface area contributed by atoms with Crippen LogP contribution in [0.5, 0.6) is 0 Å². The van der Waals surface area contributed by atoms with Gasteiger partial charge in [-0.15, -0.1) is 0 Å². The lowest BCUT2D eigenvalue weighted by Gasteiger charge is -2.17. The Balaban J connectivity index is 1.55. The highest BCUT2D eigenvalue weighted by atomic mass is 15.1. The predicted molar refractivity (Wildman–Crippen MR) is 81.5 cm³/mol. The van der Waals surface area contributed by atoms with Gasteiger partial charge in [0.05, 0.1) is 17.6 Å². The molecule has 2 saturated carbocycles. The number of hydrogen-bond donors (Lipinski definition) is 1. The second-order valence-electron chi connectivity index (χ2n) is 6.34. The molecule has 20 heavy (non-hydrogen) atoms. The van der Waals surface area contributed by atoms with Gasteiger partial charge in [-0.3, -0.25) is 0 Å². The van der Waals surface area contributed by atoms with Crippen molar-refractivity contribution in [3.05, 3.63) is 30.1 Å². The number of hydrogen-bond acceptors (Lipinski definition) is 2. The monoisotopic (exact) mass is 269 g/mol. The number of fused-ring (bicyclic) bond motifs is 1. The highest BCUT2D eigenvalue weighted by Crippen LogP contribution is 2.44. The largest absolute Gasteiger partial charge is 0.327 e. The second-order valence-corrected chi connectivity index (χ2v) is 6.34. The number of rotatable bonds is 6. The molecule has 1 heterocycles. The summed E-state index contributed by atoms with van der Waals surface area (Å²) >= 11 is 0. The summed E-state index contributed by atoms with van der Waals surface area (Å²) in [5, 5.41) is 3.81. The Hall–Kier alpha value is -1.35. The number of nitrogens with zero attached hydrogens (tertiary/aromatic N) is 2. The van der Waals surface area contributed by atoms with Crippen LogP contribution in [0.25, 0.3) is 11.0 Å². The molecule has 0 atom stereocenters. The van der Waals surface area contributed by atoms with E-state index >= 15 is 0 Å². The molecule has 0 saturated heterocycles. The number of benzene rings is 1. The van der Waals surface area contributed by atoms with Crippen molar-refractivity contribution < 1.29 is 0 Å². The van der Waals surface area contributed by atoms with Crippen LogP contribution in [0.15, 0.2) is 24.3 Å². The van der Waals surface area contributed by atoms with Crippen molar-refractivity contribution in [2.24, 2.45) is 11.8 Å². The van der Waals surface area contributed by atoms with Crippen molar-refractivity contribution in [2.45, 2.75) is 51.7 Å². The topological polar surface area (TPSA) is 29.9 Å². The van der Waals surface area contributed by atoms with Crippen LogP contribution in [0.2, 0.25) is 0 Å². The van der Waals surface area contributed by atoms with E-state index in [0.717, 1.165) is 36.5 Å². The quantitative estimate of drug-likeness (QED) is 0.871. The summed E-state index contributed by atoms with van der Waals surface area (Å²) in [7, 11) is 0. The average Bonchev–Trinajstić information content (AvgIpc) is 3.36. The van der Waals surface area contributed by atoms with Gasteiger partial charge in [0.15, 0.2) is 0 Å². The third-order valence-corrected chi connectivity index (χ3v) is 4.81. The molecule has 0 aliphatic heterocycles. The van der Waals surface area contributed by atoms with E-state index in [1.165, 1.54) is 37.0 Å². The maximum absolute atomic E-state index is 4.82. The van der Waals surface area contributed by atoms with E-state index in [2.05, 4.69) is 41.1 Å². The molecular formula is C17H23N3. The first-order valence-corrected chi connectivity index (χ1v) is 8.04. The van der Waals surface area contributed by atoms with Crippen molar-refractivity contribution in [1.29, 1.82) is 0 Å². The SMILES string of the molecule is CCn1c(CNC(C2CC2)C2CC2)nc2ccccc21. The fourth-order valence-corrected chi connectivity index (χ4v) is 3.45. The minimum Gasteiger partial charge on any atom is -0.327 e. The minimum atomic E-state index is 0.750. The molecule has 1 aromatic heterocycles. The van der Waals surface area contributed by atoms with Crippen molar-refractivity contribution in [3.8, 4) is 0 Å². The molecule has 3 nitrogen and oxygen atoms in total. The summed E-state index contributed by atoms with van der Waals surface area (Å²) < 4.78 is 2.35. The van der Waals surface area contributed by atoms with Crippen LogP contribution in [-0.4, -0.2) is 15.6 Å². The average molecular weight is 269 g/mol. The normalized spacial score (nSPS) is 19.1. The molecule has 0 bridgehead atoms. The second kappa shape index (κ2) is 4.88. The van der Waals surface area contributed by atoms with Crippen LogP contribution in [0.4, 0.5) is 0 Å². The zero-order chi connectivity index (χ0) is 13.5. The van der Waals surface area contributed by atoms with Gasteiger partial charge in [0, 0.05) is 12.6 Å². The van der Waals surface area contributed by atoms with Gasteiger partial charge in [0.2, 0.25) is 0 Å². The summed E-state index contributed by atoms with van der Waals surface area (Å²) in [6.07, 6.45) is 5.72. The van der Waals surface area contributed by atoms with Gasteiger partial charge in [-0.1, -0.05) is 12.1 Å². The highest BCUT2D eigenvalue weighted by Gasteiger charge is 2.41. The van der Waals surface area contributed by atoms with E-state index in [0.29, 0.717) is 0 Å². The van der Waals surface area contributed by atoms with Crippen LogP contribution in [0.1, 0.15) is 38.4 Å². The van der Waals surface area contributed by atoms with Gasteiger partial charge in [0.1, 0.15) is 5.82 Å². The maximum atomic E-state index is 4.82.